The molecule has 6 heteroatoms. The van der Waals surface area contributed by atoms with Crippen molar-refractivity contribution in [3.8, 4) is 5.75 Å². The average Bonchev–Trinajstić information content (AvgIpc) is 2.45. The third-order valence-corrected chi connectivity index (χ3v) is 3.18. The van der Waals surface area contributed by atoms with E-state index < -0.39 is 17.7 Å². The van der Waals surface area contributed by atoms with E-state index in [1.54, 1.807) is 32.9 Å². The van der Waals surface area contributed by atoms with Crippen LogP contribution in [0.25, 0.3) is 0 Å². The quantitative estimate of drug-likeness (QED) is 0.750. The Morgan fingerprint density at radius 1 is 1.26 bits per heavy atom. The lowest BCUT2D eigenvalue weighted by Gasteiger charge is -2.23. The van der Waals surface area contributed by atoms with Gasteiger partial charge in [-0.3, -0.25) is 4.79 Å². The Morgan fingerprint density at radius 2 is 1.91 bits per heavy atom. The molecule has 0 aliphatic carbocycles. The molecule has 0 radical (unpaired) electrons. The molecule has 0 bridgehead atoms. The summed E-state index contributed by atoms with van der Waals surface area (Å²) in [6.45, 7) is 5.29. The largest absolute Gasteiger partial charge is 0.508 e. The number of phenolic OH excluding ortho intramolecular Hbond substituents is 1. The summed E-state index contributed by atoms with van der Waals surface area (Å²) in [6, 6.07) is 6.41. The van der Waals surface area contributed by atoms with E-state index >= 15 is 0 Å². The highest BCUT2D eigenvalue weighted by Crippen LogP contribution is 2.18. The van der Waals surface area contributed by atoms with Crippen LogP contribution >= 0.6 is 0 Å². The van der Waals surface area contributed by atoms with Crippen LogP contribution in [0, 0.1) is 0 Å². The Hall–Kier alpha value is -2.24. The molecule has 0 heterocycles. The molecule has 1 aromatic rings. The maximum Gasteiger partial charge on any atom is 0.408 e. The Balaban J connectivity index is 2.57. The van der Waals surface area contributed by atoms with Crippen LogP contribution in [-0.2, 0) is 16.0 Å². The van der Waals surface area contributed by atoms with E-state index in [4.69, 9.17) is 4.74 Å². The zero-order valence-electron chi connectivity index (χ0n) is 14.2. The van der Waals surface area contributed by atoms with Crippen LogP contribution < -0.4 is 10.6 Å². The predicted molar refractivity (Wildman–Crippen MR) is 88.3 cm³/mol. The van der Waals surface area contributed by atoms with E-state index in [1.807, 2.05) is 12.1 Å². The fourth-order valence-corrected chi connectivity index (χ4v) is 2.11. The highest BCUT2D eigenvalue weighted by Gasteiger charge is 2.23. The summed E-state index contributed by atoms with van der Waals surface area (Å²) in [7, 11) is 1.52. The molecule has 23 heavy (non-hydrogen) atoms. The van der Waals surface area contributed by atoms with Gasteiger partial charge in [-0.2, -0.15) is 0 Å². The van der Waals surface area contributed by atoms with Gasteiger partial charge in [0.05, 0.1) is 0 Å². The molecular weight excluding hydrogens is 296 g/mol. The Morgan fingerprint density at radius 3 is 2.48 bits per heavy atom. The molecule has 0 aliphatic rings. The van der Waals surface area contributed by atoms with Crippen molar-refractivity contribution in [2.24, 2.45) is 0 Å². The number of rotatable bonds is 6. The van der Waals surface area contributed by atoms with Gasteiger partial charge in [0.15, 0.2) is 0 Å². The summed E-state index contributed by atoms with van der Waals surface area (Å²) in [4.78, 5) is 23.7. The first-order valence-corrected chi connectivity index (χ1v) is 7.71. The number of nitrogens with one attached hydrogen (secondary N) is 2. The first kappa shape index (κ1) is 18.8. The van der Waals surface area contributed by atoms with E-state index in [-0.39, 0.29) is 11.7 Å². The number of phenols is 1. The molecule has 0 saturated heterocycles. The predicted octanol–water partition coefficient (Wildman–Crippen LogP) is 2.35. The molecule has 0 aromatic heterocycles. The van der Waals surface area contributed by atoms with Gasteiger partial charge in [-0.25, -0.2) is 4.79 Å². The minimum absolute atomic E-state index is 0.240. The zero-order valence-corrected chi connectivity index (χ0v) is 14.2. The van der Waals surface area contributed by atoms with Crippen molar-refractivity contribution in [2.45, 2.75) is 51.7 Å². The van der Waals surface area contributed by atoms with E-state index in [2.05, 4.69) is 10.6 Å². The number of alkyl carbamates (subject to hydrolysis) is 1. The highest BCUT2D eigenvalue weighted by atomic mass is 16.6. The number of carbonyl (C=O) groups excluding carboxylic acids is 2. The molecular formula is C17H26N2O4. The van der Waals surface area contributed by atoms with E-state index in [1.165, 1.54) is 7.05 Å². The summed E-state index contributed by atoms with van der Waals surface area (Å²) in [5.41, 5.74) is 0.202. The molecule has 0 spiro atoms. The maximum atomic E-state index is 11.9. The Bertz CT molecular complexity index is 538. The second-order valence-corrected chi connectivity index (χ2v) is 6.33. The normalized spacial score (nSPS) is 12.3. The molecule has 0 saturated carbocycles. The molecule has 0 aliphatic heterocycles. The van der Waals surface area contributed by atoms with E-state index in [0.29, 0.717) is 19.3 Å². The Labute approximate surface area is 137 Å². The molecule has 2 amide bonds. The second kappa shape index (κ2) is 8.41. The number of hydrogen-bond acceptors (Lipinski definition) is 4. The first-order chi connectivity index (χ1) is 10.7. The number of hydrogen-bond donors (Lipinski definition) is 3. The molecule has 1 rings (SSSR count). The van der Waals surface area contributed by atoms with Crippen LogP contribution in [0.2, 0.25) is 0 Å². The fraction of sp³-hybridized carbons (Fsp3) is 0.529. The van der Waals surface area contributed by atoms with Crippen LogP contribution in [0.15, 0.2) is 24.3 Å². The summed E-state index contributed by atoms with van der Waals surface area (Å²) in [5, 5.41) is 14.9. The monoisotopic (exact) mass is 322 g/mol. The van der Waals surface area contributed by atoms with Gasteiger partial charge in [0.2, 0.25) is 5.91 Å². The van der Waals surface area contributed by atoms with Crippen molar-refractivity contribution in [3.63, 3.8) is 0 Å². The molecule has 128 valence electrons. The summed E-state index contributed by atoms with van der Waals surface area (Å²) >= 11 is 0. The van der Waals surface area contributed by atoms with Gasteiger partial charge in [0.1, 0.15) is 17.4 Å². The maximum absolute atomic E-state index is 11.9. The minimum Gasteiger partial charge on any atom is -0.508 e. The molecule has 1 aromatic carbocycles. The van der Waals surface area contributed by atoms with Gasteiger partial charge in [-0.05, 0) is 51.7 Å². The van der Waals surface area contributed by atoms with Gasteiger partial charge < -0.3 is 20.5 Å². The number of benzene rings is 1. The average molecular weight is 322 g/mol. The fourth-order valence-electron chi connectivity index (χ4n) is 2.11. The lowest BCUT2D eigenvalue weighted by atomic mass is 10.0. The number of ether oxygens (including phenoxy) is 1. The number of carbonyl (C=O) groups is 2. The van der Waals surface area contributed by atoms with E-state index in [9.17, 15) is 14.7 Å². The highest BCUT2D eigenvalue weighted by molar-refractivity contribution is 5.85. The van der Waals surface area contributed by atoms with Crippen molar-refractivity contribution >= 4 is 12.0 Å². The third-order valence-electron chi connectivity index (χ3n) is 3.18. The van der Waals surface area contributed by atoms with Crippen LogP contribution in [-0.4, -0.2) is 35.8 Å². The van der Waals surface area contributed by atoms with E-state index in [0.717, 1.165) is 5.56 Å². The first-order valence-electron chi connectivity index (χ1n) is 7.71. The molecule has 3 N–H and O–H groups in total. The van der Waals surface area contributed by atoms with Crippen molar-refractivity contribution in [1.29, 1.82) is 0 Å². The van der Waals surface area contributed by atoms with Crippen LogP contribution in [0.3, 0.4) is 0 Å². The van der Waals surface area contributed by atoms with Gasteiger partial charge >= 0.3 is 6.09 Å². The van der Waals surface area contributed by atoms with Crippen LogP contribution in [0.1, 0.15) is 39.2 Å². The van der Waals surface area contributed by atoms with Crippen LogP contribution in [0.4, 0.5) is 4.79 Å². The topological polar surface area (TPSA) is 87.7 Å². The number of aromatic hydroxyl groups is 1. The van der Waals surface area contributed by atoms with Crippen molar-refractivity contribution in [1.82, 2.24) is 10.6 Å². The number of likely N-dealkylation sites (N-methyl/N-ethyl adjacent to an activating group) is 1. The molecule has 1 unspecified atom stereocenters. The number of para-hydroxylation sites is 1. The SMILES string of the molecule is CNC(=O)C(CCCc1ccccc1O)NC(=O)OC(C)(C)C. The minimum atomic E-state index is -0.666. The molecule has 0 fully saturated rings. The Kier molecular flexibility index (Phi) is 6.88. The second-order valence-electron chi connectivity index (χ2n) is 6.33. The van der Waals surface area contributed by atoms with Gasteiger partial charge in [0.25, 0.3) is 0 Å². The van der Waals surface area contributed by atoms with Gasteiger partial charge in [0, 0.05) is 7.05 Å². The summed E-state index contributed by atoms with van der Waals surface area (Å²) < 4.78 is 5.18. The third kappa shape index (κ3) is 7.04. The van der Waals surface area contributed by atoms with Crippen molar-refractivity contribution < 1.29 is 19.4 Å². The standard InChI is InChI=1S/C17H26N2O4/c1-17(2,3)23-16(22)19-13(15(21)18-4)10-7-9-12-8-5-6-11-14(12)20/h5-6,8,11,13,20H,7,9-10H2,1-4H3,(H,18,21)(H,19,22). The number of aryl methyl sites for hydroxylation is 1. The summed E-state index contributed by atoms with van der Waals surface area (Å²) in [6.07, 6.45) is 1.10. The van der Waals surface area contributed by atoms with Gasteiger partial charge in [-0.15, -0.1) is 0 Å². The summed E-state index contributed by atoms with van der Waals surface area (Å²) in [5.74, 6) is -0.0303. The van der Waals surface area contributed by atoms with Crippen molar-refractivity contribution in [3.05, 3.63) is 29.8 Å². The molecule has 1 atom stereocenters. The molecule has 6 nitrogen and oxygen atoms in total. The van der Waals surface area contributed by atoms with Gasteiger partial charge in [-0.1, -0.05) is 18.2 Å². The zero-order chi connectivity index (χ0) is 17.5. The van der Waals surface area contributed by atoms with Crippen LogP contribution in [0.5, 0.6) is 5.75 Å². The smallest absolute Gasteiger partial charge is 0.408 e. The lowest BCUT2D eigenvalue weighted by Crippen LogP contribution is -2.47. The number of amides is 2. The van der Waals surface area contributed by atoms with Crippen molar-refractivity contribution in [2.75, 3.05) is 7.05 Å². The lowest BCUT2D eigenvalue weighted by molar-refractivity contribution is -0.122.